The van der Waals surface area contributed by atoms with Crippen molar-refractivity contribution < 1.29 is 20.4 Å². The van der Waals surface area contributed by atoms with Crippen molar-refractivity contribution in [3.8, 4) is 5.75 Å². The smallest absolute Gasteiger partial charge is 0.119 e. The lowest BCUT2D eigenvalue weighted by molar-refractivity contribution is -0.131. The van der Waals surface area contributed by atoms with Crippen LogP contribution in [0.25, 0.3) is 0 Å². The summed E-state index contributed by atoms with van der Waals surface area (Å²) in [5.74, 6) is 0.141. The molecule has 0 unspecified atom stereocenters. The molecule has 134 valence electrons. The monoisotopic (exact) mass is 334 g/mol. The van der Waals surface area contributed by atoms with Gasteiger partial charge in [0, 0.05) is 12.5 Å². The second-order valence-electron chi connectivity index (χ2n) is 8.65. The van der Waals surface area contributed by atoms with Crippen molar-refractivity contribution in [1.82, 2.24) is 0 Å². The Morgan fingerprint density at radius 3 is 2.42 bits per heavy atom. The lowest BCUT2D eigenvalue weighted by atomic mass is 9.48. The van der Waals surface area contributed by atoms with E-state index < -0.39 is 17.6 Å². The van der Waals surface area contributed by atoms with Crippen molar-refractivity contribution >= 4 is 0 Å². The quantitative estimate of drug-likeness (QED) is 0.670. The van der Waals surface area contributed by atoms with Crippen LogP contribution in [0, 0.1) is 11.3 Å². The molecule has 4 N–H and O–H groups in total. The highest BCUT2D eigenvalue weighted by atomic mass is 16.3. The van der Waals surface area contributed by atoms with Crippen LogP contribution in [0.15, 0.2) is 12.1 Å². The first-order chi connectivity index (χ1) is 11.2. The summed E-state index contributed by atoms with van der Waals surface area (Å²) in [6, 6.07) is 3.64. The molecule has 1 saturated carbocycles. The number of aliphatic hydroxyl groups excluding tert-OH is 3. The molecule has 0 saturated heterocycles. The van der Waals surface area contributed by atoms with Crippen LogP contribution in [0.3, 0.4) is 0 Å². The van der Waals surface area contributed by atoms with Gasteiger partial charge in [-0.3, -0.25) is 0 Å². The van der Waals surface area contributed by atoms with Crippen LogP contribution in [-0.2, 0) is 5.41 Å². The molecule has 4 nitrogen and oxygen atoms in total. The summed E-state index contributed by atoms with van der Waals surface area (Å²) in [7, 11) is 0. The Balaban J connectivity index is 2.24. The second kappa shape index (κ2) is 5.72. The Morgan fingerprint density at radius 2 is 1.83 bits per heavy atom. The molecule has 0 heterocycles. The van der Waals surface area contributed by atoms with Crippen LogP contribution in [0.1, 0.15) is 75.7 Å². The van der Waals surface area contributed by atoms with E-state index in [0.717, 1.165) is 30.4 Å². The van der Waals surface area contributed by atoms with Gasteiger partial charge in [0.25, 0.3) is 0 Å². The average Bonchev–Trinajstić information content (AvgIpc) is 2.52. The Morgan fingerprint density at radius 1 is 1.17 bits per heavy atom. The predicted octanol–water partition coefficient (Wildman–Crippen LogP) is 2.98. The summed E-state index contributed by atoms with van der Waals surface area (Å²) in [6.07, 6.45) is 0.757. The van der Waals surface area contributed by atoms with Gasteiger partial charge in [0.2, 0.25) is 0 Å². The van der Waals surface area contributed by atoms with Crippen molar-refractivity contribution in [2.24, 2.45) is 11.3 Å². The zero-order valence-corrected chi connectivity index (χ0v) is 15.1. The van der Waals surface area contributed by atoms with E-state index in [2.05, 4.69) is 6.92 Å². The number of phenolic OH excluding ortho intramolecular Hbond substituents is 1. The van der Waals surface area contributed by atoms with Gasteiger partial charge in [-0.1, -0.05) is 40.2 Å². The van der Waals surface area contributed by atoms with Gasteiger partial charge in [0.05, 0.1) is 6.10 Å². The minimum Gasteiger partial charge on any atom is -0.508 e. The molecule has 24 heavy (non-hydrogen) atoms. The topological polar surface area (TPSA) is 80.9 Å². The van der Waals surface area contributed by atoms with Crippen LogP contribution in [0.2, 0.25) is 0 Å². The van der Waals surface area contributed by atoms with Crippen LogP contribution >= 0.6 is 0 Å². The number of benzene rings is 1. The molecule has 2 aliphatic rings. The zero-order chi connectivity index (χ0) is 17.9. The first kappa shape index (κ1) is 17.7. The standard InChI is InChI=1S/C20H30O4/c1-11(2)12-8-14-13(9-15(12)22)16(23)17(24)18-19(3,10-21)6-5-7-20(14,18)4/h8-9,11,16-18,21-24H,5-7,10H2,1-4H3/t16-,17-,18+,19+,20-/m1/s1. The summed E-state index contributed by atoms with van der Waals surface area (Å²) in [4.78, 5) is 0. The highest BCUT2D eigenvalue weighted by molar-refractivity contribution is 5.50. The molecule has 1 fully saturated rings. The van der Waals surface area contributed by atoms with Gasteiger partial charge >= 0.3 is 0 Å². The first-order valence-electron chi connectivity index (χ1n) is 9.00. The van der Waals surface area contributed by atoms with E-state index in [1.54, 1.807) is 6.07 Å². The zero-order valence-electron chi connectivity index (χ0n) is 15.1. The molecule has 0 bridgehead atoms. The van der Waals surface area contributed by atoms with Gasteiger partial charge in [-0.05, 0) is 52.3 Å². The molecule has 4 heteroatoms. The number of hydrogen-bond donors (Lipinski definition) is 4. The van der Waals surface area contributed by atoms with Gasteiger partial charge in [0.1, 0.15) is 11.9 Å². The van der Waals surface area contributed by atoms with Crippen LogP contribution in [0.4, 0.5) is 0 Å². The largest absolute Gasteiger partial charge is 0.508 e. The Labute approximate surface area is 144 Å². The maximum atomic E-state index is 10.9. The lowest BCUT2D eigenvalue weighted by Gasteiger charge is -2.57. The second-order valence-corrected chi connectivity index (χ2v) is 8.65. The third kappa shape index (κ3) is 2.31. The van der Waals surface area contributed by atoms with E-state index in [1.165, 1.54) is 0 Å². The highest BCUT2D eigenvalue weighted by Crippen LogP contribution is 2.59. The molecule has 0 aromatic heterocycles. The Kier molecular flexibility index (Phi) is 4.22. The minimum absolute atomic E-state index is 0.00148. The molecular weight excluding hydrogens is 304 g/mol. The third-order valence-corrected chi connectivity index (χ3v) is 6.66. The van der Waals surface area contributed by atoms with Gasteiger partial charge in [-0.2, -0.15) is 0 Å². The summed E-state index contributed by atoms with van der Waals surface area (Å²) < 4.78 is 0. The minimum atomic E-state index is -1.03. The lowest BCUT2D eigenvalue weighted by Crippen LogP contribution is -2.57. The van der Waals surface area contributed by atoms with Crippen molar-refractivity contribution in [1.29, 1.82) is 0 Å². The summed E-state index contributed by atoms with van der Waals surface area (Å²) >= 11 is 0. The van der Waals surface area contributed by atoms with Crippen LogP contribution < -0.4 is 0 Å². The van der Waals surface area contributed by atoms with E-state index in [1.807, 2.05) is 26.8 Å². The summed E-state index contributed by atoms with van der Waals surface area (Å²) in [5.41, 5.74) is 1.78. The maximum Gasteiger partial charge on any atom is 0.119 e. The van der Waals surface area contributed by atoms with E-state index in [4.69, 9.17) is 0 Å². The molecule has 0 spiro atoms. The molecular formula is C20H30O4. The van der Waals surface area contributed by atoms with E-state index >= 15 is 0 Å². The Bertz CT molecular complexity index is 641. The number of rotatable bonds is 2. The first-order valence-corrected chi connectivity index (χ1v) is 9.00. The summed E-state index contributed by atoms with van der Waals surface area (Å²) in [6.45, 7) is 8.23. The molecule has 2 aliphatic carbocycles. The van der Waals surface area contributed by atoms with Gasteiger partial charge in [-0.15, -0.1) is 0 Å². The molecule has 0 radical (unpaired) electrons. The molecule has 0 amide bonds. The molecule has 3 rings (SSSR count). The van der Waals surface area contributed by atoms with Gasteiger partial charge in [-0.25, -0.2) is 0 Å². The van der Waals surface area contributed by atoms with Gasteiger partial charge < -0.3 is 20.4 Å². The molecule has 1 aromatic rings. The molecule has 0 aliphatic heterocycles. The van der Waals surface area contributed by atoms with Crippen LogP contribution in [0.5, 0.6) is 5.75 Å². The van der Waals surface area contributed by atoms with Crippen LogP contribution in [-0.4, -0.2) is 33.1 Å². The fourth-order valence-electron chi connectivity index (χ4n) is 5.40. The summed E-state index contributed by atoms with van der Waals surface area (Å²) in [5, 5.41) is 41.9. The Hall–Kier alpha value is -1.10. The van der Waals surface area contributed by atoms with Gasteiger partial charge in [0.15, 0.2) is 0 Å². The number of phenols is 1. The van der Waals surface area contributed by atoms with E-state index in [0.29, 0.717) is 5.56 Å². The normalized spacial score (nSPS) is 38.8. The van der Waals surface area contributed by atoms with Crippen molar-refractivity contribution in [2.45, 2.75) is 70.5 Å². The van der Waals surface area contributed by atoms with E-state index in [9.17, 15) is 20.4 Å². The fraction of sp³-hybridized carbons (Fsp3) is 0.700. The number of hydrogen-bond acceptors (Lipinski definition) is 4. The number of aliphatic hydroxyl groups is 3. The third-order valence-electron chi connectivity index (χ3n) is 6.66. The molecule has 1 aromatic carbocycles. The number of fused-ring (bicyclic) bond motifs is 3. The highest BCUT2D eigenvalue weighted by Gasteiger charge is 2.57. The van der Waals surface area contributed by atoms with Crippen molar-refractivity contribution in [2.75, 3.05) is 6.61 Å². The fourth-order valence-corrected chi connectivity index (χ4v) is 5.40. The average molecular weight is 334 g/mol. The van der Waals surface area contributed by atoms with Crippen molar-refractivity contribution in [3.63, 3.8) is 0 Å². The molecule has 5 atom stereocenters. The van der Waals surface area contributed by atoms with E-state index in [-0.39, 0.29) is 29.6 Å². The number of aromatic hydroxyl groups is 1. The maximum absolute atomic E-state index is 10.9. The van der Waals surface area contributed by atoms with Crippen molar-refractivity contribution in [3.05, 3.63) is 28.8 Å². The SMILES string of the molecule is CC(C)c1cc2c(cc1O)[C@@H](O)[C@@H](O)[C@H]1[C@](C)(CO)CCC[C@]21C. The predicted molar refractivity (Wildman–Crippen MR) is 93.0 cm³/mol.